The fourth-order valence-electron chi connectivity index (χ4n) is 18.2. The number of aldehydes is 2. The van der Waals surface area contributed by atoms with Gasteiger partial charge in [0.2, 0.25) is 0 Å². The maximum absolute atomic E-state index is 15.5. The zero-order valence-corrected chi connectivity index (χ0v) is 80.2. The van der Waals surface area contributed by atoms with Gasteiger partial charge < -0.3 is 66.3 Å². The second-order valence-corrected chi connectivity index (χ2v) is 45.5. The molecule has 1 atom stereocenters. The number of aromatic nitrogens is 6. The van der Waals surface area contributed by atoms with Crippen LogP contribution in [0.25, 0.3) is 33.1 Å². The van der Waals surface area contributed by atoms with Gasteiger partial charge in [0.1, 0.15) is 78.6 Å². The number of pyridine rings is 3. The minimum absolute atomic E-state index is 0. The van der Waals surface area contributed by atoms with Crippen molar-refractivity contribution >= 4 is 62.1 Å². The predicted octanol–water partition coefficient (Wildman–Crippen LogP) is 28.9. The molecular weight excluding hydrogens is 1790 g/mol. The number of rotatable bonds is 33. The lowest BCUT2D eigenvalue weighted by Crippen LogP contribution is -2.51. The van der Waals surface area contributed by atoms with E-state index in [0.29, 0.717) is 135 Å². The molecule has 6 heterocycles. The summed E-state index contributed by atoms with van der Waals surface area (Å²) in [6.45, 7) is 29.1. The van der Waals surface area contributed by atoms with Crippen LogP contribution in [-0.2, 0) is 39.3 Å². The van der Waals surface area contributed by atoms with Crippen LogP contribution in [-0.4, -0.2) is 103 Å². The first-order chi connectivity index (χ1) is 64.0. The van der Waals surface area contributed by atoms with Crippen LogP contribution >= 0.6 is 0 Å². The third-order valence-electron chi connectivity index (χ3n) is 24.2. The van der Waals surface area contributed by atoms with E-state index < -0.39 is 40.0 Å². The number of aliphatic hydroxyl groups excluding tert-OH is 1. The van der Waals surface area contributed by atoms with Gasteiger partial charge in [-0.25, -0.2) is 36.9 Å². The number of fused-ring (bicyclic) bond motifs is 3. The Morgan fingerprint density at radius 2 is 0.674 bits per heavy atom. The molecule has 0 saturated heterocycles. The number of aromatic hydroxyl groups is 1. The number of benzene rings is 9. The number of aliphatic hydroxyl groups is 1. The highest BCUT2D eigenvalue weighted by atomic mass is 28.3. The minimum Gasteiger partial charge on any atom is -0.504 e. The van der Waals surface area contributed by atoms with Gasteiger partial charge in [0.25, 0.3) is 0 Å². The molecule has 0 spiro atoms. The number of methoxy groups -OCH3 is 5. The first-order valence-electron chi connectivity index (χ1n) is 44.1. The van der Waals surface area contributed by atoms with Crippen LogP contribution in [0.15, 0.2) is 256 Å². The highest BCUT2D eigenvalue weighted by molar-refractivity contribution is 6.83. The first-order valence-corrected chi connectivity index (χ1v) is 48.5. The minimum atomic E-state index is -2.17. The number of phenols is 1. The van der Waals surface area contributed by atoms with E-state index in [1.165, 1.54) is 51.7 Å². The van der Waals surface area contributed by atoms with Gasteiger partial charge in [0, 0.05) is 108 Å². The van der Waals surface area contributed by atoms with Gasteiger partial charge in [-0.05, 0) is 144 Å². The number of nitrogens with zero attached hydrogens (tertiary/aromatic N) is 5. The normalized spacial score (nSPS) is 11.2. The summed E-state index contributed by atoms with van der Waals surface area (Å²) >= 11 is 0. The molecule has 15 rings (SSSR count). The Morgan fingerprint density at radius 1 is 0.348 bits per heavy atom. The Hall–Kier alpha value is -13.6. The molecule has 138 heavy (non-hydrogen) atoms. The summed E-state index contributed by atoms with van der Waals surface area (Å²) in [5.74, 6) is 0.316. The standard InChI is InChI=1S/C31H39FN2O3Si.C31H39FN2O2Si.C22H19FN2O2.C15H13FO3.C8H7FO3.5CH4/c1-20(2)38(21(3)4,22(5)6)34-18-26(24-14-11-15-33-31(24)34)30(35)25-16-28(36-7)29(17-27(25)32)37-19-23-12-9-8-10-13-23;1-21(2)37(22(3)4,23(5)6)34-19-26(27-14-11-15-33-31(27)34)16-25-17-29(35-7)30(18-28(25)32)36-20-24-12-9-8-10-13-24;1-26-20-11-16(10-17-13-25-22-18(17)8-5-9-24-22)19(23)12-21(20)27-14-15-6-3-2-4-7-15;1-18-14-7-12(9-17)13(16)8-15(14)19-10-11-5-3-2-4-6-11;1-12-8-2-5(4-10)6(9)3-7(8)11;;;;;/h8-18,20-22,30,35H,19H2,1-7H3;8-15,17-19,21-23H,16,20H2,1-7H3;2-9,11-13H,10,14H2,1H3,(H,24,25);2-9H,10H2,1H3;2-4,11H,1H3;5*1H4. The van der Waals surface area contributed by atoms with Crippen molar-refractivity contribution in [3.05, 3.63) is 351 Å². The summed E-state index contributed by atoms with van der Waals surface area (Å²) in [6, 6.07) is 64.1. The van der Waals surface area contributed by atoms with Crippen molar-refractivity contribution in [2.75, 3.05) is 35.5 Å². The van der Waals surface area contributed by atoms with Crippen LogP contribution < -0.4 is 42.6 Å². The predicted molar refractivity (Wildman–Crippen MR) is 552 cm³/mol. The van der Waals surface area contributed by atoms with Crippen molar-refractivity contribution in [3.8, 4) is 57.5 Å². The number of carbonyl (C=O) groups is 2. The van der Waals surface area contributed by atoms with Crippen molar-refractivity contribution in [2.24, 2.45) is 0 Å². The van der Waals surface area contributed by atoms with Gasteiger partial charge in [0.05, 0.1) is 46.7 Å². The van der Waals surface area contributed by atoms with Crippen LogP contribution in [0.2, 0.25) is 33.2 Å². The number of nitrogens with one attached hydrogen (secondary N) is 1. The van der Waals surface area contributed by atoms with Crippen molar-refractivity contribution in [1.82, 2.24) is 28.4 Å². The molecule has 9 aromatic carbocycles. The summed E-state index contributed by atoms with van der Waals surface area (Å²) in [7, 11) is 3.22. The van der Waals surface area contributed by atoms with E-state index in [2.05, 4.69) is 119 Å². The lowest BCUT2D eigenvalue weighted by atomic mass is 10.0. The van der Waals surface area contributed by atoms with Crippen LogP contribution in [0, 0.1) is 29.1 Å². The second kappa shape index (κ2) is 52.7. The van der Waals surface area contributed by atoms with Gasteiger partial charge in [-0.15, -0.1) is 0 Å². The molecule has 26 heteroatoms. The van der Waals surface area contributed by atoms with Gasteiger partial charge in [-0.2, -0.15) is 0 Å². The van der Waals surface area contributed by atoms with E-state index in [-0.39, 0.29) is 89.3 Å². The molecule has 0 radical (unpaired) electrons. The molecule has 19 nitrogen and oxygen atoms in total. The van der Waals surface area contributed by atoms with Crippen molar-refractivity contribution < 1.29 is 84.4 Å². The summed E-state index contributed by atoms with van der Waals surface area (Å²) in [6.07, 6.45) is 12.0. The molecule has 0 aliphatic carbocycles. The third kappa shape index (κ3) is 26.2. The largest absolute Gasteiger partial charge is 0.504 e. The SMILES string of the molecule is C.C.C.C.C.COc1cc(C(O)c2cn([Si](C(C)C)(C(C)C)C(C)C)c3ncccc23)c(F)cc1OCc1ccccc1.COc1cc(C=O)c(F)cc1O.COc1cc(C=O)c(F)cc1OCc1ccccc1.COc1cc(Cc2c[nH]c3ncccc23)c(F)cc1OCc1ccccc1.COc1cc(Cc2cn([Si](C(C)C)(C(C)C)C(C)C)c3ncccc23)c(F)cc1OCc1ccccc1. The summed E-state index contributed by atoms with van der Waals surface area (Å²) in [5.41, 5.74) is 13.3. The molecule has 0 saturated carbocycles. The van der Waals surface area contributed by atoms with Gasteiger partial charge in [-0.3, -0.25) is 9.59 Å². The number of hydrogen-bond donors (Lipinski definition) is 3. The van der Waals surface area contributed by atoms with Crippen molar-refractivity contribution in [1.29, 1.82) is 0 Å². The highest BCUT2D eigenvalue weighted by Gasteiger charge is 2.48. The third-order valence-corrected chi connectivity index (χ3v) is 37.7. The Balaban J connectivity index is 0.000000274. The van der Waals surface area contributed by atoms with Crippen LogP contribution in [0.3, 0.4) is 0 Å². The zero-order valence-electron chi connectivity index (χ0n) is 78.2. The Labute approximate surface area is 813 Å². The molecule has 0 bridgehead atoms. The molecule has 15 aromatic rings. The Bertz CT molecular complexity index is 6320. The fraction of sp³-hybridized carbons (Fsp3) is 0.312. The van der Waals surface area contributed by atoms with E-state index >= 15 is 8.78 Å². The second-order valence-electron chi connectivity index (χ2n) is 34.0. The monoisotopic (exact) mass is 1920 g/mol. The topological polar surface area (TPSA) is 222 Å². The number of phenolic OH excluding ortho intramolecular Hbond substituents is 1. The average Bonchev–Trinajstić information content (AvgIpc) is 1.58. The van der Waals surface area contributed by atoms with Gasteiger partial charge in [0.15, 0.2) is 86.5 Å². The molecular formula is C112H137F5N6O13Si2. The van der Waals surface area contributed by atoms with E-state index in [4.69, 9.17) is 53.0 Å². The van der Waals surface area contributed by atoms with Crippen LogP contribution in [0.1, 0.15) is 203 Å². The van der Waals surface area contributed by atoms with E-state index in [1.807, 2.05) is 170 Å². The Kier molecular flexibility index (Phi) is 43.2. The molecule has 0 fully saturated rings. The summed E-state index contributed by atoms with van der Waals surface area (Å²) in [5, 5.41) is 23.6. The van der Waals surface area contributed by atoms with E-state index in [0.717, 1.165) is 84.7 Å². The number of hydrogen-bond acceptors (Lipinski definition) is 16. The smallest absolute Gasteiger partial charge is 0.171 e. The fourth-order valence-corrected chi connectivity index (χ4v) is 31.4. The lowest BCUT2D eigenvalue weighted by Gasteiger charge is -2.44. The van der Waals surface area contributed by atoms with Gasteiger partial charge >= 0.3 is 0 Å². The number of carbonyl (C=O) groups excluding carboxylic acids is 2. The van der Waals surface area contributed by atoms with Crippen LogP contribution in [0.4, 0.5) is 22.0 Å². The molecule has 6 aromatic heterocycles. The van der Waals surface area contributed by atoms with E-state index in [9.17, 15) is 27.9 Å². The number of H-pyrrole nitrogens is 1. The molecule has 736 valence electrons. The van der Waals surface area contributed by atoms with Crippen molar-refractivity contribution in [3.63, 3.8) is 0 Å². The van der Waals surface area contributed by atoms with Crippen LogP contribution in [0.5, 0.6) is 57.5 Å². The lowest BCUT2D eigenvalue weighted by molar-refractivity contribution is 0.111. The van der Waals surface area contributed by atoms with E-state index in [1.54, 1.807) is 38.7 Å². The number of halogens is 5. The number of aromatic amines is 1. The van der Waals surface area contributed by atoms with Crippen molar-refractivity contribution in [2.45, 2.75) is 199 Å². The molecule has 0 aliphatic rings. The summed E-state index contributed by atoms with van der Waals surface area (Å²) in [4.78, 5) is 37.9. The molecule has 3 N–H and O–H groups in total. The highest BCUT2D eigenvalue weighted by Crippen LogP contribution is 2.49. The molecule has 0 amide bonds. The summed E-state index contributed by atoms with van der Waals surface area (Å²) < 4.78 is 126. The zero-order chi connectivity index (χ0) is 95.8. The first kappa shape index (κ1) is 113. The Morgan fingerprint density at radius 3 is 1.07 bits per heavy atom. The quantitative estimate of drug-likeness (QED) is 0.0198. The molecule has 0 aliphatic heterocycles. The van der Waals surface area contributed by atoms with Gasteiger partial charge in [-0.1, -0.05) is 242 Å². The average molecular weight is 1930 g/mol. The maximum atomic E-state index is 15.5. The number of ether oxygens (including phenoxy) is 9. The molecule has 1 unspecified atom stereocenters. The maximum Gasteiger partial charge on any atom is 0.171 e.